The van der Waals surface area contributed by atoms with Crippen molar-refractivity contribution in [1.29, 1.82) is 0 Å². The molecule has 1 fully saturated rings. The van der Waals surface area contributed by atoms with Crippen molar-refractivity contribution < 1.29 is 0 Å². The molecule has 0 unspecified atom stereocenters. The molecule has 2 aromatic rings. The van der Waals surface area contributed by atoms with Gasteiger partial charge in [0.1, 0.15) is 10.5 Å². The number of halogens is 1. The topological polar surface area (TPSA) is 28.7 Å². The van der Waals surface area contributed by atoms with Gasteiger partial charge in [0.2, 0.25) is 0 Å². The predicted octanol–water partition coefficient (Wildman–Crippen LogP) is 5.32. The summed E-state index contributed by atoms with van der Waals surface area (Å²) in [5.41, 5.74) is 2.55. The fraction of sp³-hybridized carbons (Fsp3) is 0.412. The van der Waals surface area contributed by atoms with Gasteiger partial charge in [-0.3, -0.25) is 0 Å². The predicted molar refractivity (Wildman–Crippen MR) is 92.2 cm³/mol. The van der Waals surface area contributed by atoms with Crippen LogP contribution in [0.4, 0.5) is 0 Å². The van der Waals surface area contributed by atoms with Crippen LogP contribution in [0.25, 0.3) is 0 Å². The second kappa shape index (κ2) is 6.01. The first-order valence-electron chi connectivity index (χ1n) is 7.52. The molecule has 0 saturated heterocycles. The van der Waals surface area contributed by atoms with Crippen LogP contribution in [0.2, 0.25) is 0 Å². The molecular formula is C17H19BrN2S. The zero-order valence-electron chi connectivity index (χ0n) is 12.2. The van der Waals surface area contributed by atoms with E-state index in [1.807, 2.05) is 0 Å². The molecule has 1 saturated carbocycles. The SMILES string of the molecule is CCCc1[nH]c(C2(c3ccccc3)CCC2)nc(=S)c1Br. The van der Waals surface area contributed by atoms with E-state index in [4.69, 9.17) is 17.2 Å². The standard InChI is InChI=1S/C17H19BrN2S/c1-2-7-13-14(18)15(21)20-16(19-13)17(10-6-11-17)12-8-4-3-5-9-12/h3-5,8-9H,2,6-7,10-11H2,1H3,(H,19,20,21). The monoisotopic (exact) mass is 362 g/mol. The Morgan fingerprint density at radius 2 is 2.00 bits per heavy atom. The summed E-state index contributed by atoms with van der Waals surface area (Å²) < 4.78 is 1.63. The summed E-state index contributed by atoms with van der Waals surface area (Å²) in [7, 11) is 0. The zero-order chi connectivity index (χ0) is 14.9. The molecule has 0 aliphatic heterocycles. The van der Waals surface area contributed by atoms with Gasteiger partial charge in [-0.25, -0.2) is 4.98 Å². The number of nitrogens with one attached hydrogen (secondary N) is 1. The summed E-state index contributed by atoms with van der Waals surface area (Å²) >= 11 is 9.04. The average molecular weight is 363 g/mol. The fourth-order valence-electron chi connectivity index (χ4n) is 3.10. The Bertz CT molecular complexity index is 690. The minimum absolute atomic E-state index is 0.0258. The Hall–Kier alpha value is -1.00. The van der Waals surface area contributed by atoms with Crippen LogP contribution in [0.3, 0.4) is 0 Å². The van der Waals surface area contributed by atoms with Gasteiger partial charge in [0.25, 0.3) is 0 Å². The quantitative estimate of drug-likeness (QED) is 0.745. The van der Waals surface area contributed by atoms with Gasteiger partial charge in [-0.05, 0) is 40.8 Å². The number of hydrogen-bond donors (Lipinski definition) is 1. The van der Waals surface area contributed by atoms with Gasteiger partial charge >= 0.3 is 0 Å². The third-order valence-corrected chi connectivity index (χ3v) is 5.83. The molecule has 0 bridgehead atoms. The number of aromatic amines is 1. The van der Waals surface area contributed by atoms with E-state index in [-0.39, 0.29) is 5.41 Å². The molecule has 4 heteroatoms. The number of aromatic nitrogens is 2. The second-order valence-corrected chi connectivity index (χ2v) is 6.91. The number of aryl methyl sites for hydroxylation is 1. The maximum Gasteiger partial charge on any atom is 0.144 e. The van der Waals surface area contributed by atoms with Gasteiger partial charge in [-0.15, -0.1) is 0 Å². The lowest BCUT2D eigenvalue weighted by Gasteiger charge is -2.41. The van der Waals surface area contributed by atoms with E-state index >= 15 is 0 Å². The number of rotatable bonds is 4. The first kappa shape index (κ1) is 14.9. The van der Waals surface area contributed by atoms with Gasteiger partial charge in [-0.2, -0.15) is 0 Å². The van der Waals surface area contributed by atoms with Crippen LogP contribution in [0.5, 0.6) is 0 Å². The molecule has 1 aliphatic carbocycles. The molecule has 1 aliphatic rings. The van der Waals surface area contributed by atoms with E-state index in [1.165, 1.54) is 17.7 Å². The molecule has 0 atom stereocenters. The Balaban J connectivity index is 2.12. The van der Waals surface area contributed by atoms with Gasteiger partial charge in [-0.1, -0.05) is 62.3 Å². The van der Waals surface area contributed by atoms with Crippen LogP contribution in [-0.2, 0) is 11.8 Å². The molecule has 110 valence electrons. The van der Waals surface area contributed by atoms with Crippen LogP contribution < -0.4 is 0 Å². The number of H-pyrrole nitrogens is 1. The highest BCUT2D eigenvalue weighted by molar-refractivity contribution is 9.10. The van der Waals surface area contributed by atoms with Gasteiger partial charge < -0.3 is 4.98 Å². The Kier molecular flexibility index (Phi) is 4.27. The molecule has 1 aromatic heterocycles. The lowest BCUT2D eigenvalue weighted by molar-refractivity contribution is 0.284. The van der Waals surface area contributed by atoms with Crippen molar-refractivity contribution in [2.24, 2.45) is 0 Å². The first-order valence-corrected chi connectivity index (χ1v) is 8.72. The Morgan fingerprint density at radius 1 is 1.29 bits per heavy atom. The summed E-state index contributed by atoms with van der Waals surface area (Å²) in [5, 5.41) is 0. The van der Waals surface area contributed by atoms with Crippen molar-refractivity contribution >= 4 is 28.1 Å². The van der Waals surface area contributed by atoms with E-state index in [0.717, 1.165) is 36.0 Å². The Morgan fingerprint density at radius 3 is 2.57 bits per heavy atom. The average Bonchev–Trinajstić information content (AvgIpc) is 2.44. The summed E-state index contributed by atoms with van der Waals surface area (Å²) in [6.07, 6.45) is 5.61. The normalized spacial score (nSPS) is 16.5. The van der Waals surface area contributed by atoms with Crippen LogP contribution in [0, 0.1) is 4.64 Å². The molecule has 3 rings (SSSR count). The Labute approximate surface area is 139 Å². The van der Waals surface area contributed by atoms with E-state index in [2.05, 4.69) is 58.2 Å². The van der Waals surface area contributed by atoms with Gasteiger partial charge in [0, 0.05) is 5.69 Å². The summed E-state index contributed by atoms with van der Waals surface area (Å²) in [6.45, 7) is 2.18. The third kappa shape index (κ3) is 2.59. The highest BCUT2D eigenvalue weighted by Gasteiger charge is 2.42. The molecule has 2 nitrogen and oxygen atoms in total. The lowest BCUT2D eigenvalue weighted by atomic mass is 9.64. The molecule has 1 heterocycles. The number of benzene rings is 1. The molecule has 1 N–H and O–H groups in total. The van der Waals surface area contributed by atoms with Crippen LogP contribution >= 0.6 is 28.1 Å². The molecule has 0 radical (unpaired) electrons. The maximum absolute atomic E-state index is 5.46. The smallest absolute Gasteiger partial charge is 0.144 e. The van der Waals surface area contributed by atoms with Gasteiger partial charge in [0.05, 0.1) is 9.89 Å². The number of nitrogens with zero attached hydrogens (tertiary/aromatic N) is 1. The van der Waals surface area contributed by atoms with Crippen molar-refractivity contribution in [1.82, 2.24) is 9.97 Å². The van der Waals surface area contributed by atoms with Crippen molar-refractivity contribution in [3.8, 4) is 0 Å². The number of hydrogen-bond acceptors (Lipinski definition) is 2. The summed E-state index contributed by atoms with van der Waals surface area (Å²) in [4.78, 5) is 8.27. The molecule has 21 heavy (non-hydrogen) atoms. The highest BCUT2D eigenvalue weighted by atomic mass is 79.9. The second-order valence-electron chi connectivity index (χ2n) is 5.73. The van der Waals surface area contributed by atoms with E-state index in [1.54, 1.807) is 0 Å². The van der Waals surface area contributed by atoms with Crippen LogP contribution in [0.15, 0.2) is 34.8 Å². The first-order chi connectivity index (χ1) is 10.2. The van der Waals surface area contributed by atoms with Crippen molar-refractivity contribution in [3.63, 3.8) is 0 Å². The minimum atomic E-state index is 0.0258. The zero-order valence-corrected chi connectivity index (χ0v) is 14.6. The van der Waals surface area contributed by atoms with E-state index in [9.17, 15) is 0 Å². The van der Waals surface area contributed by atoms with Gasteiger partial charge in [0.15, 0.2) is 0 Å². The highest BCUT2D eigenvalue weighted by Crippen LogP contribution is 2.47. The van der Waals surface area contributed by atoms with E-state index < -0.39 is 0 Å². The summed E-state index contributed by atoms with van der Waals surface area (Å²) in [6, 6.07) is 10.7. The van der Waals surface area contributed by atoms with Crippen LogP contribution in [0.1, 0.15) is 49.7 Å². The maximum atomic E-state index is 5.46. The molecule has 0 spiro atoms. The molecular weight excluding hydrogens is 344 g/mol. The molecule has 0 amide bonds. The fourth-order valence-corrected chi connectivity index (χ4v) is 3.70. The minimum Gasteiger partial charge on any atom is -0.345 e. The van der Waals surface area contributed by atoms with E-state index in [0.29, 0.717) is 4.64 Å². The third-order valence-electron chi connectivity index (χ3n) is 4.42. The van der Waals surface area contributed by atoms with Crippen molar-refractivity contribution in [2.45, 2.75) is 44.4 Å². The van der Waals surface area contributed by atoms with Crippen molar-refractivity contribution in [3.05, 3.63) is 56.5 Å². The summed E-state index contributed by atoms with van der Waals surface area (Å²) in [5.74, 6) is 1.04. The largest absolute Gasteiger partial charge is 0.345 e. The van der Waals surface area contributed by atoms with Crippen molar-refractivity contribution in [2.75, 3.05) is 0 Å². The molecule has 1 aromatic carbocycles. The lowest BCUT2D eigenvalue weighted by Crippen LogP contribution is -2.37. The van der Waals surface area contributed by atoms with Crippen LogP contribution in [-0.4, -0.2) is 9.97 Å².